The number of rotatable bonds is 6. The van der Waals surface area contributed by atoms with E-state index in [0.29, 0.717) is 0 Å². The summed E-state index contributed by atoms with van der Waals surface area (Å²) in [5, 5.41) is 10.2. The molecule has 0 amide bonds. The van der Waals surface area contributed by atoms with Crippen LogP contribution in [0.2, 0.25) is 0 Å². The number of para-hydroxylation sites is 2. The molecule has 0 unspecified atom stereocenters. The van der Waals surface area contributed by atoms with Crippen LogP contribution >= 0.6 is 0 Å². The molecule has 0 aliphatic carbocycles. The first kappa shape index (κ1) is 44.1. The van der Waals surface area contributed by atoms with E-state index in [2.05, 4.69) is 259 Å². The number of aryl methyl sites for hydroxylation is 6. The molecule has 0 radical (unpaired) electrons. The average Bonchev–Trinajstić information content (AvgIpc) is 4.05. The molecule has 4 nitrogen and oxygen atoms in total. The van der Waals surface area contributed by atoms with Crippen LogP contribution in [-0.2, 0) is 10.8 Å². The van der Waals surface area contributed by atoms with Gasteiger partial charge in [0.15, 0.2) is 0 Å². The van der Waals surface area contributed by atoms with Gasteiger partial charge in [0.2, 0.25) is 0 Å². The number of benzene rings is 9. The third-order valence-electron chi connectivity index (χ3n) is 15.6. The molecule has 0 aliphatic heterocycles. The highest BCUT2D eigenvalue weighted by molar-refractivity contribution is 6.32. The molecule has 4 aromatic heterocycles. The number of anilines is 6. The zero-order chi connectivity index (χ0) is 49.9. The molecule has 9 aromatic carbocycles. The summed E-state index contributed by atoms with van der Waals surface area (Å²) >= 11 is 0. The van der Waals surface area contributed by atoms with E-state index in [1.165, 1.54) is 143 Å². The van der Waals surface area contributed by atoms with Crippen molar-refractivity contribution in [1.29, 1.82) is 0 Å². The molecule has 0 saturated carbocycles. The summed E-state index contributed by atoms with van der Waals surface area (Å²) < 4.78 is 5.29. The monoisotopic (exact) mass is 934 g/mol. The molecule has 4 heterocycles. The summed E-state index contributed by atoms with van der Waals surface area (Å²) in [5.41, 5.74) is 24.6. The minimum atomic E-state index is -0.112. The molecule has 0 spiro atoms. The summed E-state index contributed by atoms with van der Waals surface area (Å²) in [7, 11) is 0. The molecule has 0 N–H and O–H groups in total. The Labute approximate surface area is 423 Å². The quantitative estimate of drug-likeness (QED) is 0.165. The van der Waals surface area contributed by atoms with Gasteiger partial charge in [-0.05, 0) is 159 Å². The SMILES string of the molecule is Cc1ccc(N(c2cc(C)cc(C)c2)c2ccc3c4cc5c(cc4n4c6c(C(C)(C)C)cccc6c2c34)c2ccc(N(c3ccc(C)cc3)c3cc(C)cc(C)c3)c3c4cccc(C(C)(C)C)c4n5c23)cc1. The Morgan fingerprint density at radius 1 is 0.306 bits per heavy atom. The van der Waals surface area contributed by atoms with Crippen LogP contribution in [0.15, 0.2) is 158 Å². The van der Waals surface area contributed by atoms with E-state index in [4.69, 9.17) is 0 Å². The first-order chi connectivity index (χ1) is 34.4. The van der Waals surface area contributed by atoms with Gasteiger partial charge < -0.3 is 18.6 Å². The molecule has 13 rings (SSSR count). The standard InChI is InChI=1S/C68H62N4/c1-39-19-23-45(24-20-39)69(47-33-41(3)31-42(4)34-47)57-29-27-49-53-37-60-54(38-59(53)71-63-51(61(57)65(49)71)15-13-17-55(63)67(7,8)9)50-28-30-58(62-52-16-14-18-56(68(10,11)12)64(52)72(60)66(50)62)70(46-25-21-40(2)22-26-46)48-35-43(5)32-44(6)36-48/h13-38H,1-12H3. The predicted molar refractivity (Wildman–Crippen MR) is 311 cm³/mol. The number of nitrogens with zero attached hydrogens (tertiary/aromatic N) is 4. The summed E-state index contributed by atoms with van der Waals surface area (Å²) in [5.74, 6) is 0. The maximum Gasteiger partial charge on any atom is 0.0641 e. The van der Waals surface area contributed by atoms with Crippen LogP contribution in [-0.4, -0.2) is 8.80 Å². The van der Waals surface area contributed by atoms with Gasteiger partial charge in [0.1, 0.15) is 0 Å². The fourth-order valence-corrected chi connectivity index (χ4v) is 12.6. The van der Waals surface area contributed by atoms with Gasteiger partial charge in [0.05, 0.1) is 44.5 Å². The lowest BCUT2D eigenvalue weighted by Gasteiger charge is -2.27. The fraction of sp³-hybridized carbons (Fsp3) is 0.206. The zero-order valence-electron chi connectivity index (χ0n) is 43.8. The largest absolute Gasteiger partial charge is 0.310 e. The first-order valence-corrected chi connectivity index (χ1v) is 25.8. The second-order valence-electron chi connectivity index (χ2n) is 23.2. The van der Waals surface area contributed by atoms with Crippen LogP contribution in [0, 0.1) is 41.5 Å². The Morgan fingerprint density at radius 3 is 1.01 bits per heavy atom. The van der Waals surface area contributed by atoms with Crippen molar-refractivity contribution in [1.82, 2.24) is 8.80 Å². The molecule has 0 bridgehead atoms. The van der Waals surface area contributed by atoms with Crippen molar-refractivity contribution in [3.05, 3.63) is 202 Å². The first-order valence-electron chi connectivity index (χ1n) is 25.8. The molecular formula is C68H62N4. The molecule has 0 fully saturated rings. The third-order valence-corrected chi connectivity index (χ3v) is 15.6. The van der Waals surface area contributed by atoms with E-state index < -0.39 is 0 Å². The Balaban J connectivity index is 1.19. The van der Waals surface area contributed by atoms with Crippen molar-refractivity contribution >= 4 is 110 Å². The van der Waals surface area contributed by atoms with Crippen molar-refractivity contribution in [2.75, 3.05) is 9.80 Å². The van der Waals surface area contributed by atoms with Gasteiger partial charge in [-0.2, -0.15) is 0 Å². The molecule has 0 atom stereocenters. The third kappa shape index (κ3) is 6.43. The maximum atomic E-state index is 2.64. The van der Waals surface area contributed by atoms with Crippen molar-refractivity contribution in [3.63, 3.8) is 0 Å². The van der Waals surface area contributed by atoms with Crippen LogP contribution in [0.1, 0.15) is 86.1 Å². The molecule has 4 heteroatoms. The number of aromatic nitrogens is 2. The van der Waals surface area contributed by atoms with Crippen LogP contribution < -0.4 is 9.80 Å². The van der Waals surface area contributed by atoms with Crippen LogP contribution in [0.25, 0.3) is 76.2 Å². The zero-order valence-corrected chi connectivity index (χ0v) is 43.8. The van der Waals surface area contributed by atoms with Crippen molar-refractivity contribution < 1.29 is 0 Å². The van der Waals surface area contributed by atoms with E-state index in [9.17, 15) is 0 Å². The summed E-state index contributed by atoms with van der Waals surface area (Å²) in [6, 6.07) is 60.7. The Kier molecular flexibility index (Phi) is 9.41. The minimum Gasteiger partial charge on any atom is -0.310 e. The maximum absolute atomic E-state index is 2.64. The van der Waals surface area contributed by atoms with E-state index in [1.54, 1.807) is 0 Å². The van der Waals surface area contributed by atoms with Gasteiger partial charge in [-0.1, -0.05) is 138 Å². The summed E-state index contributed by atoms with van der Waals surface area (Å²) in [6.07, 6.45) is 0. The van der Waals surface area contributed by atoms with E-state index in [1.807, 2.05) is 0 Å². The molecule has 72 heavy (non-hydrogen) atoms. The Bertz CT molecular complexity index is 4010. The van der Waals surface area contributed by atoms with Gasteiger partial charge in [0.25, 0.3) is 0 Å². The molecule has 0 aliphatic rings. The van der Waals surface area contributed by atoms with Gasteiger partial charge in [0, 0.05) is 65.8 Å². The Hall–Kier alpha value is -7.82. The molecule has 354 valence electrons. The minimum absolute atomic E-state index is 0.112. The predicted octanol–water partition coefficient (Wildman–Crippen LogP) is 19.4. The second kappa shape index (κ2) is 15.3. The second-order valence-corrected chi connectivity index (χ2v) is 23.2. The number of hydrogen-bond donors (Lipinski definition) is 0. The highest BCUT2D eigenvalue weighted by atomic mass is 15.2. The average molecular weight is 935 g/mol. The normalized spacial score (nSPS) is 12.7. The van der Waals surface area contributed by atoms with Gasteiger partial charge in [-0.3, -0.25) is 0 Å². The van der Waals surface area contributed by atoms with E-state index >= 15 is 0 Å². The summed E-state index contributed by atoms with van der Waals surface area (Å²) in [4.78, 5) is 5.00. The van der Waals surface area contributed by atoms with Crippen LogP contribution in [0.5, 0.6) is 0 Å². The lowest BCUT2D eigenvalue weighted by Crippen LogP contribution is -2.12. The lowest BCUT2D eigenvalue weighted by molar-refractivity contribution is 0.594. The van der Waals surface area contributed by atoms with Gasteiger partial charge in [-0.25, -0.2) is 0 Å². The van der Waals surface area contributed by atoms with E-state index in [-0.39, 0.29) is 10.8 Å². The Morgan fingerprint density at radius 2 is 0.667 bits per heavy atom. The van der Waals surface area contributed by atoms with Crippen molar-refractivity contribution in [2.24, 2.45) is 0 Å². The molecule has 0 saturated heterocycles. The van der Waals surface area contributed by atoms with Gasteiger partial charge in [-0.15, -0.1) is 0 Å². The number of fused-ring (bicyclic) bond motifs is 12. The lowest BCUT2D eigenvalue weighted by atomic mass is 9.85. The topological polar surface area (TPSA) is 15.3 Å². The highest BCUT2D eigenvalue weighted by Crippen LogP contribution is 2.53. The van der Waals surface area contributed by atoms with Crippen LogP contribution in [0.3, 0.4) is 0 Å². The smallest absolute Gasteiger partial charge is 0.0641 e. The fourth-order valence-electron chi connectivity index (χ4n) is 12.6. The molecule has 13 aromatic rings. The van der Waals surface area contributed by atoms with E-state index in [0.717, 1.165) is 11.4 Å². The van der Waals surface area contributed by atoms with Gasteiger partial charge >= 0.3 is 0 Å². The summed E-state index contributed by atoms with van der Waals surface area (Å²) in [6.45, 7) is 27.4. The van der Waals surface area contributed by atoms with Crippen molar-refractivity contribution in [3.8, 4) is 0 Å². The highest BCUT2D eigenvalue weighted by Gasteiger charge is 2.31. The van der Waals surface area contributed by atoms with Crippen LogP contribution in [0.4, 0.5) is 34.1 Å². The molecular weight excluding hydrogens is 873 g/mol. The number of hydrogen-bond acceptors (Lipinski definition) is 2. The van der Waals surface area contributed by atoms with Crippen molar-refractivity contribution in [2.45, 2.75) is 93.9 Å².